The van der Waals surface area contributed by atoms with Crippen molar-refractivity contribution in [2.75, 3.05) is 28.4 Å². The van der Waals surface area contributed by atoms with E-state index in [1.54, 1.807) is 28.4 Å². The first kappa shape index (κ1) is 25.7. The molecule has 0 aromatic heterocycles. The van der Waals surface area contributed by atoms with Gasteiger partial charge in [-0.1, -0.05) is 60.7 Å². The highest BCUT2D eigenvalue weighted by Gasteiger charge is 2.21. The average molecular weight is 551 g/mol. The lowest BCUT2D eigenvalue weighted by atomic mass is 9.87. The van der Waals surface area contributed by atoms with Crippen LogP contribution in [0.3, 0.4) is 0 Å². The highest BCUT2D eigenvalue weighted by atomic mass is 16.5. The highest BCUT2D eigenvalue weighted by Crippen LogP contribution is 2.48. The van der Waals surface area contributed by atoms with Crippen molar-refractivity contribution in [3.05, 3.63) is 109 Å². The Bertz CT molecular complexity index is 1960. The molecule has 0 amide bonds. The first-order valence-electron chi connectivity index (χ1n) is 13.9. The van der Waals surface area contributed by atoms with E-state index < -0.39 is 0 Å². The van der Waals surface area contributed by atoms with Gasteiger partial charge in [-0.25, -0.2) is 0 Å². The molecular formula is C38H30O4. The summed E-state index contributed by atoms with van der Waals surface area (Å²) >= 11 is 0. The van der Waals surface area contributed by atoms with Crippen molar-refractivity contribution >= 4 is 43.1 Å². The monoisotopic (exact) mass is 550 g/mol. The van der Waals surface area contributed by atoms with Gasteiger partial charge in [-0.05, 0) is 92.3 Å². The fraction of sp³-hybridized carbons (Fsp3) is 0.105. The topological polar surface area (TPSA) is 36.9 Å². The van der Waals surface area contributed by atoms with E-state index in [2.05, 4.69) is 72.8 Å². The normalized spacial score (nSPS) is 11.3. The Morgan fingerprint density at radius 1 is 0.357 bits per heavy atom. The molecule has 42 heavy (non-hydrogen) atoms. The second kappa shape index (κ2) is 10.3. The Balaban J connectivity index is 1.72. The molecule has 0 N–H and O–H groups in total. The van der Waals surface area contributed by atoms with E-state index in [0.29, 0.717) is 0 Å². The van der Waals surface area contributed by atoms with Crippen LogP contribution in [0.5, 0.6) is 23.0 Å². The molecule has 0 atom stereocenters. The van der Waals surface area contributed by atoms with Gasteiger partial charge in [-0.15, -0.1) is 0 Å². The molecule has 7 aromatic rings. The Morgan fingerprint density at radius 2 is 0.690 bits per heavy atom. The van der Waals surface area contributed by atoms with Crippen LogP contribution in [-0.2, 0) is 0 Å². The number of rotatable bonds is 6. The van der Waals surface area contributed by atoms with Crippen LogP contribution in [0, 0.1) is 0 Å². The van der Waals surface area contributed by atoms with Gasteiger partial charge in [0.2, 0.25) is 0 Å². The van der Waals surface area contributed by atoms with Crippen molar-refractivity contribution in [3.8, 4) is 45.3 Å². The predicted molar refractivity (Wildman–Crippen MR) is 174 cm³/mol. The fourth-order valence-corrected chi connectivity index (χ4v) is 6.33. The van der Waals surface area contributed by atoms with E-state index >= 15 is 0 Å². The summed E-state index contributed by atoms with van der Waals surface area (Å²) in [5.74, 6) is 3.22. The maximum absolute atomic E-state index is 5.98. The number of hydrogen-bond acceptors (Lipinski definition) is 4. The summed E-state index contributed by atoms with van der Waals surface area (Å²) in [5.41, 5.74) is 4.39. The van der Waals surface area contributed by atoms with E-state index in [1.807, 2.05) is 36.4 Å². The van der Waals surface area contributed by atoms with E-state index in [1.165, 1.54) is 0 Å². The zero-order chi connectivity index (χ0) is 28.8. The number of ether oxygens (including phenoxy) is 4. The standard InChI is InChI=1S/C38H30O4/c1-39-31-15-17-33(41-3)37-29-21-26-20-28(24-13-9-6-10-14-24)36-32(40-2)16-18-34(42-4)38(36)30(26)22-25(29)19-27(35(31)37)23-11-7-5-8-12-23/h5-22H,1-4H3. The summed E-state index contributed by atoms with van der Waals surface area (Å²) in [6.45, 7) is 0. The van der Waals surface area contributed by atoms with Crippen molar-refractivity contribution < 1.29 is 18.9 Å². The average Bonchev–Trinajstić information content (AvgIpc) is 3.06. The van der Waals surface area contributed by atoms with Crippen LogP contribution in [-0.4, -0.2) is 28.4 Å². The fourth-order valence-electron chi connectivity index (χ4n) is 6.33. The maximum atomic E-state index is 5.98. The zero-order valence-electron chi connectivity index (χ0n) is 24.0. The molecule has 206 valence electrons. The van der Waals surface area contributed by atoms with Gasteiger partial charge in [-0.3, -0.25) is 0 Å². The van der Waals surface area contributed by atoms with Gasteiger partial charge in [0, 0.05) is 21.5 Å². The van der Waals surface area contributed by atoms with Crippen LogP contribution in [0.25, 0.3) is 65.3 Å². The molecule has 0 aliphatic carbocycles. The van der Waals surface area contributed by atoms with Crippen LogP contribution < -0.4 is 18.9 Å². The second-order valence-corrected chi connectivity index (χ2v) is 10.3. The predicted octanol–water partition coefficient (Wildman–Crippen LogP) is 9.67. The van der Waals surface area contributed by atoms with E-state index in [9.17, 15) is 0 Å². The number of methoxy groups -OCH3 is 4. The molecule has 0 aliphatic heterocycles. The Kier molecular flexibility index (Phi) is 6.32. The minimum absolute atomic E-state index is 0.802. The SMILES string of the molecule is COc1ccc(OC)c2c1c(-c1ccccc1)cc1cc3c(cc(-c4ccccc4)c4c(OC)ccc(OC)c43)cc12. The van der Waals surface area contributed by atoms with Crippen LogP contribution in [0.1, 0.15) is 0 Å². The molecule has 0 fully saturated rings. The molecule has 0 spiro atoms. The molecular weight excluding hydrogens is 520 g/mol. The molecule has 0 saturated heterocycles. The lowest BCUT2D eigenvalue weighted by Gasteiger charge is -2.19. The largest absolute Gasteiger partial charge is 0.496 e. The Morgan fingerprint density at radius 3 is 1.02 bits per heavy atom. The van der Waals surface area contributed by atoms with Gasteiger partial charge in [0.1, 0.15) is 23.0 Å². The van der Waals surface area contributed by atoms with Crippen molar-refractivity contribution in [2.45, 2.75) is 0 Å². The molecule has 7 rings (SSSR count). The van der Waals surface area contributed by atoms with Gasteiger partial charge < -0.3 is 18.9 Å². The van der Waals surface area contributed by atoms with E-state index in [0.717, 1.165) is 88.3 Å². The maximum Gasteiger partial charge on any atom is 0.127 e. The van der Waals surface area contributed by atoms with Crippen LogP contribution in [0.15, 0.2) is 109 Å². The van der Waals surface area contributed by atoms with Crippen molar-refractivity contribution in [3.63, 3.8) is 0 Å². The molecule has 0 saturated carbocycles. The van der Waals surface area contributed by atoms with Crippen LogP contribution >= 0.6 is 0 Å². The summed E-state index contributed by atoms with van der Waals surface area (Å²) in [5, 5.41) is 8.47. The van der Waals surface area contributed by atoms with Gasteiger partial charge >= 0.3 is 0 Å². The minimum Gasteiger partial charge on any atom is -0.496 e. The molecule has 0 unspecified atom stereocenters. The van der Waals surface area contributed by atoms with Gasteiger partial charge in [0.15, 0.2) is 0 Å². The minimum atomic E-state index is 0.802. The molecule has 0 bridgehead atoms. The quantitative estimate of drug-likeness (QED) is 0.153. The van der Waals surface area contributed by atoms with Crippen molar-refractivity contribution in [1.82, 2.24) is 0 Å². The van der Waals surface area contributed by atoms with Crippen LogP contribution in [0.4, 0.5) is 0 Å². The third-order valence-electron chi connectivity index (χ3n) is 8.21. The lowest BCUT2D eigenvalue weighted by molar-refractivity contribution is 0.411. The lowest BCUT2D eigenvalue weighted by Crippen LogP contribution is -1.95. The zero-order valence-corrected chi connectivity index (χ0v) is 24.0. The number of fused-ring (bicyclic) bond motifs is 6. The third kappa shape index (κ3) is 3.91. The first-order valence-corrected chi connectivity index (χ1v) is 13.9. The molecule has 4 nitrogen and oxygen atoms in total. The number of hydrogen-bond donors (Lipinski definition) is 0. The van der Waals surface area contributed by atoms with Crippen LogP contribution in [0.2, 0.25) is 0 Å². The summed E-state index contributed by atoms with van der Waals surface area (Å²) in [6.07, 6.45) is 0. The first-order chi connectivity index (χ1) is 20.7. The second-order valence-electron chi connectivity index (χ2n) is 10.3. The molecule has 7 aromatic carbocycles. The summed E-state index contributed by atoms with van der Waals surface area (Å²) in [4.78, 5) is 0. The molecule has 0 aliphatic rings. The smallest absolute Gasteiger partial charge is 0.127 e. The third-order valence-corrected chi connectivity index (χ3v) is 8.21. The summed E-state index contributed by atoms with van der Waals surface area (Å²) in [6, 6.07) is 37.9. The highest BCUT2D eigenvalue weighted by molar-refractivity contribution is 6.25. The Hall–Kier alpha value is -5.22. The molecule has 0 heterocycles. The van der Waals surface area contributed by atoms with Gasteiger partial charge in [0.05, 0.1) is 28.4 Å². The van der Waals surface area contributed by atoms with Crippen molar-refractivity contribution in [2.24, 2.45) is 0 Å². The molecule has 4 heteroatoms. The number of benzene rings is 7. The summed E-state index contributed by atoms with van der Waals surface area (Å²) in [7, 11) is 6.89. The molecule has 0 radical (unpaired) electrons. The van der Waals surface area contributed by atoms with Gasteiger partial charge in [-0.2, -0.15) is 0 Å². The van der Waals surface area contributed by atoms with Gasteiger partial charge in [0.25, 0.3) is 0 Å². The van der Waals surface area contributed by atoms with Crippen molar-refractivity contribution in [1.29, 1.82) is 0 Å². The van der Waals surface area contributed by atoms with E-state index in [-0.39, 0.29) is 0 Å². The summed E-state index contributed by atoms with van der Waals surface area (Å²) < 4.78 is 23.8. The van der Waals surface area contributed by atoms with E-state index in [4.69, 9.17) is 18.9 Å². The Labute approximate surface area is 244 Å².